The summed E-state index contributed by atoms with van der Waals surface area (Å²) in [4.78, 5) is 12.3. The summed E-state index contributed by atoms with van der Waals surface area (Å²) in [6.07, 6.45) is 2.37. The maximum atomic E-state index is 12.3. The van der Waals surface area contributed by atoms with Gasteiger partial charge in [-0.3, -0.25) is 9.00 Å². The summed E-state index contributed by atoms with van der Waals surface area (Å²) in [5, 5.41) is 7.36. The lowest BCUT2D eigenvalue weighted by Crippen LogP contribution is -2.27. The first-order valence-corrected chi connectivity index (χ1v) is 9.66. The Balaban J connectivity index is 2.10. The van der Waals surface area contributed by atoms with E-state index in [4.69, 9.17) is 0 Å². The largest absolute Gasteiger partial charge is 0.351 e. The zero-order valence-corrected chi connectivity index (χ0v) is 15.7. The lowest BCUT2D eigenvalue weighted by atomic mass is 10.1. The number of amides is 1. The van der Waals surface area contributed by atoms with Crippen molar-refractivity contribution in [1.29, 1.82) is 0 Å². The second-order valence-electron chi connectivity index (χ2n) is 6.28. The van der Waals surface area contributed by atoms with Crippen LogP contribution in [-0.2, 0) is 10.8 Å². The molecule has 24 heavy (non-hydrogen) atoms. The summed E-state index contributed by atoms with van der Waals surface area (Å²) in [5.41, 5.74) is 4.59. The molecule has 5 nitrogen and oxygen atoms in total. The third kappa shape index (κ3) is 4.54. The predicted molar refractivity (Wildman–Crippen MR) is 98.3 cm³/mol. The van der Waals surface area contributed by atoms with E-state index in [1.165, 1.54) is 0 Å². The molecule has 0 aliphatic heterocycles. The number of nitrogens with zero attached hydrogens (tertiary/aromatic N) is 2. The van der Waals surface area contributed by atoms with E-state index in [1.807, 2.05) is 39.8 Å². The van der Waals surface area contributed by atoms with E-state index in [0.717, 1.165) is 22.5 Å². The van der Waals surface area contributed by atoms with Gasteiger partial charge in [-0.2, -0.15) is 5.10 Å². The molecule has 0 aliphatic rings. The van der Waals surface area contributed by atoms with E-state index in [-0.39, 0.29) is 11.2 Å². The second-order valence-corrected chi connectivity index (χ2v) is 8.08. The van der Waals surface area contributed by atoms with Crippen molar-refractivity contribution in [2.45, 2.75) is 39.4 Å². The van der Waals surface area contributed by atoms with Crippen LogP contribution in [0, 0.1) is 20.8 Å². The van der Waals surface area contributed by atoms with Crippen LogP contribution in [0.2, 0.25) is 0 Å². The number of nitrogens with one attached hydrogen (secondary N) is 1. The number of carbonyl (C=O) groups excluding carboxylic acids is 1. The molecule has 6 heteroatoms. The van der Waals surface area contributed by atoms with Crippen LogP contribution in [0.25, 0.3) is 5.69 Å². The van der Waals surface area contributed by atoms with Gasteiger partial charge in [0, 0.05) is 34.5 Å². The van der Waals surface area contributed by atoms with Crippen LogP contribution in [0.1, 0.15) is 40.7 Å². The van der Waals surface area contributed by atoms with E-state index < -0.39 is 10.8 Å². The molecular weight excluding hydrogens is 322 g/mol. The van der Waals surface area contributed by atoms with Gasteiger partial charge in [-0.05, 0) is 56.5 Å². The Bertz CT molecular complexity index is 747. The van der Waals surface area contributed by atoms with E-state index in [9.17, 15) is 9.00 Å². The van der Waals surface area contributed by atoms with Crippen LogP contribution in [0.5, 0.6) is 0 Å². The van der Waals surface area contributed by atoms with Gasteiger partial charge >= 0.3 is 0 Å². The van der Waals surface area contributed by atoms with E-state index in [2.05, 4.69) is 16.5 Å². The van der Waals surface area contributed by atoms with Crippen LogP contribution in [0.15, 0.2) is 24.3 Å². The van der Waals surface area contributed by atoms with Crippen molar-refractivity contribution in [3.05, 3.63) is 46.8 Å². The van der Waals surface area contributed by atoms with Gasteiger partial charge in [-0.25, -0.2) is 4.68 Å². The van der Waals surface area contributed by atoms with Crippen molar-refractivity contribution in [2.24, 2.45) is 0 Å². The predicted octanol–water partition coefficient (Wildman–Crippen LogP) is 2.68. The van der Waals surface area contributed by atoms with Crippen molar-refractivity contribution in [1.82, 2.24) is 15.1 Å². The van der Waals surface area contributed by atoms with Gasteiger partial charge in [0.1, 0.15) is 0 Å². The number of hydrogen-bond acceptors (Lipinski definition) is 3. The summed E-state index contributed by atoms with van der Waals surface area (Å²) in [6, 6.07) is 7.99. The minimum Gasteiger partial charge on any atom is -0.351 e. The Labute approximate surface area is 145 Å². The molecule has 0 radical (unpaired) electrons. The van der Waals surface area contributed by atoms with Crippen LogP contribution in [0.3, 0.4) is 0 Å². The molecule has 0 fully saturated rings. The summed E-state index contributed by atoms with van der Waals surface area (Å²) in [6.45, 7) is 8.43. The minimum absolute atomic E-state index is 0.0693. The number of aryl methyl sites for hydroxylation is 3. The topological polar surface area (TPSA) is 64.0 Å². The number of benzene rings is 1. The van der Waals surface area contributed by atoms with Crippen LogP contribution in [-0.4, -0.2) is 37.9 Å². The Kier molecular flexibility index (Phi) is 5.94. The average Bonchev–Trinajstić information content (AvgIpc) is 2.88. The van der Waals surface area contributed by atoms with Crippen LogP contribution < -0.4 is 5.32 Å². The van der Waals surface area contributed by atoms with Crippen molar-refractivity contribution in [3.8, 4) is 5.69 Å². The molecule has 130 valence electrons. The molecule has 1 amide bonds. The maximum absolute atomic E-state index is 12.3. The van der Waals surface area contributed by atoms with E-state index >= 15 is 0 Å². The number of carbonyl (C=O) groups is 1. The van der Waals surface area contributed by atoms with Gasteiger partial charge in [0.05, 0.1) is 5.69 Å². The quantitative estimate of drug-likeness (QED) is 0.874. The molecule has 1 aromatic heterocycles. The lowest BCUT2D eigenvalue weighted by Gasteiger charge is -2.08. The molecule has 2 aromatic rings. The lowest BCUT2D eigenvalue weighted by molar-refractivity contribution is 0.0948. The van der Waals surface area contributed by atoms with Crippen molar-refractivity contribution in [3.63, 3.8) is 0 Å². The van der Waals surface area contributed by atoms with Crippen molar-refractivity contribution < 1.29 is 9.00 Å². The molecule has 0 spiro atoms. The highest BCUT2D eigenvalue weighted by molar-refractivity contribution is 7.84. The Hall–Kier alpha value is -1.95. The summed E-state index contributed by atoms with van der Waals surface area (Å²) >= 11 is 0. The monoisotopic (exact) mass is 347 g/mol. The second kappa shape index (κ2) is 7.75. The van der Waals surface area contributed by atoms with Gasteiger partial charge in [-0.1, -0.05) is 13.0 Å². The molecule has 0 bridgehead atoms. The first kappa shape index (κ1) is 18.4. The van der Waals surface area contributed by atoms with Gasteiger partial charge in [0.15, 0.2) is 5.69 Å². The number of hydrogen-bond donors (Lipinski definition) is 1. The zero-order valence-electron chi connectivity index (χ0n) is 14.9. The van der Waals surface area contributed by atoms with E-state index in [1.54, 1.807) is 17.0 Å². The minimum atomic E-state index is -0.870. The van der Waals surface area contributed by atoms with Crippen molar-refractivity contribution in [2.75, 3.05) is 12.8 Å². The number of rotatable bonds is 6. The molecule has 0 aliphatic carbocycles. The zero-order chi connectivity index (χ0) is 17.9. The van der Waals surface area contributed by atoms with Gasteiger partial charge in [-0.15, -0.1) is 0 Å². The normalized spacial score (nSPS) is 13.5. The third-order valence-corrected chi connectivity index (χ3v) is 5.34. The Morgan fingerprint density at radius 2 is 1.83 bits per heavy atom. The first-order valence-electron chi connectivity index (χ1n) is 8.03. The molecule has 0 saturated carbocycles. The Morgan fingerprint density at radius 3 is 2.42 bits per heavy atom. The molecule has 0 unspecified atom stereocenters. The fourth-order valence-corrected chi connectivity index (χ4v) is 3.01. The van der Waals surface area contributed by atoms with Gasteiger partial charge < -0.3 is 5.32 Å². The molecular formula is C18H25N3O2S. The first-order chi connectivity index (χ1) is 11.3. The Morgan fingerprint density at radius 1 is 1.21 bits per heavy atom. The molecule has 0 saturated heterocycles. The summed E-state index contributed by atoms with van der Waals surface area (Å²) in [5.74, 6) is -0.199. The highest BCUT2D eigenvalue weighted by Gasteiger charge is 2.14. The molecule has 2 atom stereocenters. The van der Waals surface area contributed by atoms with E-state index in [0.29, 0.717) is 18.7 Å². The standard InChI is InChI=1S/C18H25N3O2S/c1-12-8-13(2)10-16(9-12)21-14(3)11-17(20-21)18(22)19-7-6-15(4)24(5)23/h8-11,15H,6-7H2,1-5H3,(H,19,22)/t15-,24+/m1/s1. The van der Waals surface area contributed by atoms with Crippen LogP contribution >= 0.6 is 0 Å². The average molecular weight is 347 g/mol. The fourth-order valence-electron chi connectivity index (χ4n) is 2.57. The van der Waals surface area contributed by atoms with Crippen LogP contribution in [0.4, 0.5) is 0 Å². The molecule has 1 heterocycles. The molecule has 1 aromatic carbocycles. The molecule has 2 rings (SSSR count). The molecule has 1 N–H and O–H groups in total. The third-order valence-electron chi connectivity index (χ3n) is 3.97. The van der Waals surface area contributed by atoms with Crippen molar-refractivity contribution >= 4 is 16.7 Å². The smallest absolute Gasteiger partial charge is 0.271 e. The highest BCUT2D eigenvalue weighted by atomic mass is 32.2. The SMILES string of the molecule is Cc1cc(C)cc(-n2nc(C(=O)NCC[C@@H](C)[S@](C)=O)cc2C)c1. The summed E-state index contributed by atoms with van der Waals surface area (Å²) in [7, 11) is -0.870. The fraction of sp³-hybridized carbons (Fsp3) is 0.444. The number of aromatic nitrogens is 2. The van der Waals surface area contributed by atoms with Gasteiger partial charge in [0.2, 0.25) is 0 Å². The summed E-state index contributed by atoms with van der Waals surface area (Å²) < 4.78 is 13.1. The maximum Gasteiger partial charge on any atom is 0.271 e. The highest BCUT2D eigenvalue weighted by Crippen LogP contribution is 2.16. The van der Waals surface area contributed by atoms with Gasteiger partial charge in [0.25, 0.3) is 5.91 Å².